The van der Waals surface area contributed by atoms with Gasteiger partial charge >= 0.3 is 0 Å². The van der Waals surface area contributed by atoms with Crippen molar-refractivity contribution in [3.63, 3.8) is 0 Å². The molecule has 3 fully saturated rings. The Bertz CT molecular complexity index is 494. The van der Waals surface area contributed by atoms with Crippen LogP contribution < -0.4 is 0 Å². The maximum Gasteiger partial charge on any atom is 0.0840 e. The van der Waals surface area contributed by atoms with E-state index in [1.54, 1.807) is 0 Å². The van der Waals surface area contributed by atoms with Crippen molar-refractivity contribution in [2.24, 2.45) is 11.8 Å². The second-order valence-electron chi connectivity index (χ2n) is 9.07. The minimum atomic E-state index is -0.188. The van der Waals surface area contributed by atoms with E-state index in [1.165, 1.54) is 19.3 Å². The summed E-state index contributed by atoms with van der Waals surface area (Å²) >= 11 is 3.89. The van der Waals surface area contributed by atoms with Crippen LogP contribution in [0.4, 0.5) is 0 Å². The molecule has 0 aromatic heterocycles. The molecule has 0 spiro atoms. The van der Waals surface area contributed by atoms with E-state index in [0.717, 1.165) is 19.3 Å². The van der Waals surface area contributed by atoms with Gasteiger partial charge in [0.1, 0.15) is 0 Å². The van der Waals surface area contributed by atoms with Crippen molar-refractivity contribution in [3.8, 4) is 0 Å². The highest BCUT2D eigenvalue weighted by Crippen LogP contribution is 2.61. The van der Waals surface area contributed by atoms with E-state index in [0.29, 0.717) is 16.7 Å². The quantitative estimate of drug-likeness (QED) is 0.461. The number of rotatable bonds is 4. The smallest absolute Gasteiger partial charge is 0.0840 e. The molecule has 0 aromatic carbocycles. The van der Waals surface area contributed by atoms with Crippen molar-refractivity contribution in [2.75, 3.05) is 0 Å². The summed E-state index contributed by atoms with van der Waals surface area (Å²) in [5, 5.41) is 0. The largest absolute Gasteiger partial charge is 0.368 e. The molecule has 2 nitrogen and oxygen atoms in total. The standard InChI is InChI=1S/C20H33BrO2/c1-7-17(3)11-10-16(21)19(5,22-17)13-9-15-18(4)12-8-14(2)20(15,6)23-18/h7,14-16H,1,8-13H2,2-6H3/t14-,15-,16+,17+,18-,19-,20+/m1/s1. The zero-order valence-corrected chi connectivity index (χ0v) is 17.0. The second-order valence-corrected chi connectivity index (χ2v) is 10.2. The van der Waals surface area contributed by atoms with Gasteiger partial charge in [0.25, 0.3) is 0 Å². The van der Waals surface area contributed by atoms with Gasteiger partial charge in [-0.25, -0.2) is 0 Å². The Balaban J connectivity index is 1.71. The molecule has 0 radical (unpaired) electrons. The topological polar surface area (TPSA) is 18.5 Å². The normalized spacial score (nSPS) is 56.0. The minimum absolute atomic E-state index is 0.0710. The fourth-order valence-electron chi connectivity index (χ4n) is 5.39. The lowest BCUT2D eigenvalue weighted by atomic mass is 9.55. The number of fused-ring (bicyclic) bond motifs is 2. The highest BCUT2D eigenvalue weighted by atomic mass is 79.9. The van der Waals surface area contributed by atoms with Crippen molar-refractivity contribution in [3.05, 3.63) is 12.7 Å². The summed E-state index contributed by atoms with van der Waals surface area (Å²) in [7, 11) is 0. The first-order valence-corrected chi connectivity index (χ1v) is 10.2. The van der Waals surface area contributed by atoms with E-state index in [4.69, 9.17) is 9.47 Å². The first kappa shape index (κ1) is 17.9. The van der Waals surface area contributed by atoms with Crippen LogP contribution in [0.25, 0.3) is 0 Å². The molecular formula is C20H33BrO2. The SMILES string of the molecule is C=C[C@@]1(C)CC[C@H](Br)[C@@](C)(CC[C@H]2[C@@]3(C)O[C@]2(C)CC[C@H]3C)O1. The van der Waals surface area contributed by atoms with Gasteiger partial charge in [0.15, 0.2) is 0 Å². The Morgan fingerprint density at radius 1 is 1.13 bits per heavy atom. The maximum absolute atomic E-state index is 6.55. The van der Waals surface area contributed by atoms with Gasteiger partial charge in [0.05, 0.1) is 22.4 Å². The molecule has 3 aliphatic heterocycles. The van der Waals surface area contributed by atoms with Gasteiger partial charge < -0.3 is 9.47 Å². The lowest BCUT2D eigenvalue weighted by Crippen LogP contribution is -2.71. The van der Waals surface area contributed by atoms with Crippen LogP contribution in [-0.4, -0.2) is 27.2 Å². The number of alkyl halides is 1. The van der Waals surface area contributed by atoms with Crippen LogP contribution in [0.3, 0.4) is 0 Å². The van der Waals surface area contributed by atoms with Gasteiger partial charge in [-0.3, -0.25) is 0 Å². The molecule has 0 N–H and O–H groups in total. The Hall–Kier alpha value is 0.140. The van der Waals surface area contributed by atoms with Gasteiger partial charge in [-0.2, -0.15) is 0 Å². The summed E-state index contributed by atoms with van der Waals surface area (Å²) in [5.41, 5.74) is -0.148. The van der Waals surface area contributed by atoms with Gasteiger partial charge in [-0.1, -0.05) is 28.9 Å². The molecule has 3 heterocycles. The average Bonchev–Trinajstić information content (AvgIpc) is 2.47. The molecule has 3 aliphatic rings. The van der Waals surface area contributed by atoms with Crippen LogP contribution >= 0.6 is 15.9 Å². The molecule has 132 valence electrons. The Labute approximate surface area is 150 Å². The molecule has 0 saturated carbocycles. The second kappa shape index (κ2) is 5.57. The molecule has 0 unspecified atom stereocenters. The predicted octanol–water partition coefficient (Wildman–Crippen LogP) is 5.64. The summed E-state index contributed by atoms with van der Waals surface area (Å²) in [5.74, 6) is 1.31. The summed E-state index contributed by atoms with van der Waals surface area (Å²) in [6.07, 6.45) is 8.94. The monoisotopic (exact) mass is 384 g/mol. The lowest BCUT2D eigenvalue weighted by molar-refractivity contribution is -0.359. The van der Waals surface area contributed by atoms with E-state index >= 15 is 0 Å². The highest BCUT2D eigenvalue weighted by Gasteiger charge is 2.64. The third-order valence-electron chi connectivity index (χ3n) is 7.32. The highest BCUT2D eigenvalue weighted by molar-refractivity contribution is 9.09. The van der Waals surface area contributed by atoms with Crippen molar-refractivity contribution in [1.82, 2.24) is 0 Å². The molecule has 7 atom stereocenters. The van der Waals surface area contributed by atoms with Crippen LogP contribution in [0.15, 0.2) is 12.7 Å². The van der Waals surface area contributed by atoms with Crippen LogP contribution in [0, 0.1) is 11.8 Å². The van der Waals surface area contributed by atoms with E-state index in [-0.39, 0.29) is 22.4 Å². The predicted molar refractivity (Wildman–Crippen MR) is 99.1 cm³/mol. The van der Waals surface area contributed by atoms with E-state index in [2.05, 4.69) is 57.1 Å². The van der Waals surface area contributed by atoms with Gasteiger partial charge in [-0.15, -0.1) is 6.58 Å². The number of halogens is 1. The summed E-state index contributed by atoms with van der Waals surface area (Å²) in [4.78, 5) is 0.418. The minimum Gasteiger partial charge on any atom is -0.368 e. The first-order chi connectivity index (χ1) is 10.6. The van der Waals surface area contributed by atoms with Crippen molar-refractivity contribution in [1.29, 1.82) is 0 Å². The van der Waals surface area contributed by atoms with Crippen molar-refractivity contribution >= 4 is 15.9 Å². The fraction of sp³-hybridized carbons (Fsp3) is 0.900. The maximum atomic E-state index is 6.55. The summed E-state index contributed by atoms with van der Waals surface area (Å²) in [6.45, 7) is 15.4. The third-order valence-corrected chi connectivity index (χ3v) is 8.74. The molecule has 23 heavy (non-hydrogen) atoms. The van der Waals surface area contributed by atoms with Gasteiger partial charge in [0.2, 0.25) is 0 Å². The first-order valence-electron chi connectivity index (χ1n) is 9.25. The molecule has 0 aromatic rings. The van der Waals surface area contributed by atoms with Crippen LogP contribution in [-0.2, 0) is 9.47 Å². The zero-order valence-electron chi connectivity index (χ0n) is 15.5. The molecular weight excluding hydrogens is 352 g/mol. The summed E-state index contributed by atoms with van der Waals surface area (Å²) < 4.78 is 12.9. The zero-order chi connectivity index (χ0) is 17.1. The molecule has 2 bridgehead atoms. The van der Waals surface area contributed by atoms with Crippen LogP contribution in [0.2, 0.25) is 0 Å². The Morgan fingerprint density at radius 3 is 2.48 bits per heavy atom. The van der Waals surface area contributed by atoms with Crippen molar-refractivity contribution < 1.29 is 9.47 Å². The lowest BCUT2D eigenvalue weighted by Gasteiger charge is -2.67. The average molecular weight is 385 g/mol. The molecule has 3 rings (SSSR count). The van der Waals surface area contributed by atoms with E-state index in [9.17, 15) is 0 Å². The molecule has 3 heteroatoms. The number of hydrogen-bond donors (Lipinski definition) is 0. The van der Waals surface area contributed by atoms with E-state index in [1.807, 2.05) is 6.08 Å². The van der Waals surface area contributed by atoms with Crippen molar-refractivity contribution in [2.45, 2.75) is 100 Å². The van der Waals surface area contributed by atoms with Gasteiger partial charge in [-0.05, 0) is 72.1 Å². The van der Waals surface area contributed by atoms with Crippen LogP contribution in [0.5, 0.6) is 0 Å². The summed E-state index contributed by atoms with van der Waals surface area (Å²) in [6, 6.07) is 0. The molecule has 3 saturated heterocycles. The van der Waals surface area contributed by atoms with Gasteiger partial charge in [0, 0.05) is 10.7 Å². The van der Waals surface area contributed by atoms with E-state index < -0.39 is 0 Å². The number of hydrogen-bond acceptors (Lipinski definition) is 2. The third kappa shape index (κ3) is 2.75. The number of ether oxygens (including phenoxy) is 2. The fourth-order valence-corrected chi connectivity index (χ4v) is 5.94. The molecule has 0 aliphatic carbocycles. The Kier molecular flexibility index (Phi) is 4.35. The van der Waals surface area contributed by atoms with Crippen LogP contribution in [0.1, 0.15) is 73.1 Å². The Morgan fingerprint density at radius 2 is 1.83 bits per heavy atom. The molecule has 0 amide bonds.